The first-order chi connectivity index (χ1) is 8.67. The maximum Gasteiger partial charge on any atom is 0.308 e. The summed E-state index contributed by atoms with van der Waals surface area (Å²) in [4.78, 5) is 13.5. The first-order valence-electron chi connectivity index (χ1n) is 6.06. The Balaban J connectivity index is 1.84. The highest BCUT2D eigenvalue weighted by Gasteiger charge is 2.23. The summed E-state index contributed by atoms with van der Waals surface area (Å²) in [5.74, 6) is -0.223. The van der Waals surface area contributed by atoms with E-state index >= 15 is 0 Å². The number of hydrogen-bond donors (Lipinski definition) is 0. The molecule has 0 bridgehead atoms. The lowest BCUT2D eigenvalue weighted by atomic mass is 10.2. The van der Waals surface area contributed by atoms with Gasteiger partial charge in [-0.15, -0.1) is 0 Å². The van der Waals surface area contributed by atoms with E-state index in [4.69, 9.17) is 4.74 Å². The normalized spacial score (nSPS) is 20.9. The van der Waals surface area contributed by atoms with Crippen molar-refractivity contribution < 1.29 is 14.3 Å². The Kier molecular flexibility index (Phi) is 4.33. The Hall–Kier alpha value is -1.40. The average molecular weight is 253 g/mol. The molecule has 0 saturated carbocycles. The van der Waals surface area contributed by atoms with Crippen LogP contribution in [-0.4, -0.2) is 53.6 Å². The number of nitrogens with zero attached hydrogens (tertiary/aromatic N) is 3. The van der Waals surface area contributed by atoms with Gasteiger partial charge in [-0.2, -0.15) is 5.10 Å². The van der Waals surface area contributed by atoms with Crippen LogP contribution >= 0.6 is 0 Å². The van der Waals surface area contributed by atoms with Crippen molar-refractivity contribution in [3.05, 3.63) is 18.0 Å². The molecule has 6 nitrogen and oxygen atoms in total. The van der Waals surface area contributed by atoms with Crippen LogP contribution < -0.4 is 0 Å². The molecule has 1 atom stereocenters. The molecule has 1 aromatic heterocycles. The Morgan fingerprint density at radius 3 is 3.17 bits per heavy atom. The van der Waals surface area contributed by atoms with Crippen molar-refractivity contribution in [1.82, 2.24) is 14.7 Å². The van der Waals surface area contributed by atoms with Crippen LogP contribution in [0.4, 0.5) is 0 Å². The zero-order valence-corrected chi connectivity index (χ0v) is 10.8. The molecular weight excluding hydrogens is 234 g/mol. The zero-order chi connectivity index (χ0) is 13.0. The Labute approximate surface area is 106 Å². The van der Waals surface area contributed by atoms with Gasteiger partial charge in [-0.05, 0) is 6.07 Å². The molecule has 1 aromatic rings. The quantitative estimate of drug-likeness (QED) is 0.717. The van der Waals surface area contributed by atoms with E-state index in [0.717, 1.165) is 25.3 Å². The maximum absolute atomic E-state index is 11.2. The standard InChI is InChI=1S/C12H19N3O3/c1-14-4-3-10(13-14)8-15-5-6-18-11(9-15)7-12(16)17-2/h3-4,11H,5-9H2,1-2H3. The number of ether oxygens (including phenoxy) is 2. The van der Waals surface area contributed by atoms with E-state index < -0.39 is 0 Å². The van der Waals surface area contributed by atoms with Crippen LogP contribution in [0, 0.1) is 0 Å². The minimum Gasteiger partial charge on any atom is -0.469 e. The number of carbonyl (C=O) groups excluding carboxylic acids is 1. The SMILES string of the molecule is COC(=O)CC1CN(Cc2ccn(C)n2)CCO1. The first kappa shape index (κ1) is 13.0. The van der Waals surface area contributed by atoms with Crippen LogP contribution in [0.2, 0.25) is 0 Å². The van der Waals surface area contributed by atoms with Gasteiger partial charge in [-0.1, -0.05) is 0 Å². The molecule has 0 amide bonds. The number of carbonyl (C=O) groups is 1. The molecular formula is C12H19N3O3. The number of aromatic nitrogens is 2. The van der Waals surface area contributed by atoms with E-state index in [1.807, 2.05) is 19.3 Å². The van der Waals surface area contributed by atoms with Crippen LogP contribution in [0.15, 0.2) is 12.3 Å². The zero-order valence-electron chi connectivity index (χ0n) is 10.8. The lowest BCUT2D eigenvalue weighted by Crippen LogP contribution is -2.42. The molecule has 0 spiro atoms. The van der Waals surface area contributed by atoms with E-state index in [0.29, 0.717) is 13.0 Å². The smallest absolute Gasteiger partial charge is 0.308 e. The molecule has 2 heterocycles. The van der Waals surface area contributed by atoms with Gasteiger partial charge < -0.3 is 9.47 Å². The number of methoxy groups -OCH3 is 1. The van der Waals surface area contributed by atoms with Crippen LogP contribution in [-0.2, 0) is 27.9 Å². The lowest BCUT2D eigenvalue weighted by Gasteiger charge is -2.31. The van der Waals surface area contributed by atoms with Gasteiger partial charge in [0, 0.05) is 32.9 Å². The van der Waals surface area contributed by atoms with Gasteiger partial charge >= 0.3 is 5.97 Å². The molecule has 1 unspecified atom stereocenters. The van der Waals surface area contributed by atoms with E-state index in [1.165, 1.54) is 7.11 Å². The summed E-state index contributed by atoms with van der Waals surface area (Å²) in [5, 5.41) is 4.35. The summed E-state index contributed by atoms with van der Waals surface area (Å²) in [7, 11) is 3.31. The highest BCUT2D eigenvalue weighted by Crippen LogP contribution is 2.12. The fourth-order valence-electron chi connectivity index (χ4n) is 2.09. The molecule has 0 aromatic carbocycles. The van der Waals surface area contributed by atoms with Gasteiger partial charge in [0.25, 0.3) is 0 Å². The van der Waals surface area contributed by atoms with Crippen LogP contribution in [0.5, 0.6) is 0 Å². The summed E-state index contributed by atoms with van der Waals surface area (Å²) < 4.78 is 12.0. The molecule has 2 rings (SSSR count). The van der Waals surface area contributed by atoms with Crippen molar-refractivity contribution in [2.75, 3.05) is 26.8 Å². The Bertz CT molecular complexity index is 405. The average Bonchev–Trinajstić information content (AvgIpc) is 2.75. The van der Waals surface area contributed by atoms with Crippen molar-refractivity contribution in [1.29, 1.82) is 0 Å². The maximum atomic E-state index is 11.2. The molecule has 1 saturated heterocycles. The highest BCUT2D eigenvalue weighted by molar-refractivity contribution is 5.69. The van der Waals surface area contributed by atoms with Gasteiger partial charge in [0.05, 0.1) is 31.9 Å². The molecule has 1 fully saturated rings. The highest BCUT2D eigenvalue weighted by atomic mass is 16.5. The van der Waals surface area contributed by atoms with Crippen molar-refractivity contribution in [2.24, 2.45) is 7.05 Å². The van der Waals surface area contributed by atoms with E-state index in [1.54, 1.807) is 4.68 Å². The van der Waals surface area contributed by atoms with Crippen LogP contribution in [0.3, 0.4) is 0 Å². The number of esters is 1. The van der Waals surface area contributed by atoms with Crippen LogP contribution in [0.25, 0.3) is 0 Å². The monoisotopic (exact) mass is 253 g/mol. The molecule has 0 aliphatic carbocycles. The minimum atomic E-state index is -0.223. The van der Waals surface area contributed by atoms with Gasteiger partial charge in [0.15, 0.2) is 0 Å². The molecule has 0 radical (unpaired) electrons. The van der Waals surface area contributed by atoms with Crippen molar-refractivity contribution in [3.63, 3.8) is 0 Å². The second-order valence-corrected chi connectivity index (χ2v) is 4.49. The molecule has 18 heavy (non-hydrogen) atoms. The van der Waals surface area contributed by atoms with Gasteiger partial charge in [-0.25, -0.2) is 0 Å². The summed E-state index contributed by atoms with van der Waals surface area (Å²) in [6.45, 7) is 3.05. The second-order valence-electron chi connectivity index (χ2n) is 4.49. The summed E-state index contributed by atoms with van der Waals surface area (Å²) in [6, 6.07) is 2.00. The second kappa shape index (κ2) is 5.97. The Morgan fingerprint density at radius 2 is 2.50 bits per heavy atom. The third-order valence-electron chi connectivity index (χ3n) is 3.00. The molecule has 0 N–H and O–H groups in total. The summed E-state index contributed by atoms with van der Waals surface area (Å²) >= 11 is 0. The van der Waals surface area contributed by atoms with Crippen molar-refractivity contribution in [2.45, 2.75) is 19.1 Å². The molecule has 6 heteroatoms. The minimum absolute atomic E-state index is 0.0742. The fourth-order valence-corrected chi connectivity index (χ4v) is 2.09. The molecule has 1 aliphatic rings. The molecule has 1 aliphatic heterocycles. The third-order valence-corrected chi connectivity index (χ3v) is 3.00. The Morgan fingerprint density at radius 1 is 1.67 bits per heavy atom. The van der Waals surface area contributed by atoms with E-state index in [9.17, 15) is 4.79 Å². The number of hydrogen-bond acceptors (Lipinski definition) is 5. The van der Waals surface area contributed by atoms with Gasteiger partial charge in [0.1, 0.15) is 0 Å². The predicted octanol–water partition coefficient (Wildman–Crippen LogP) is 0.184. The summed E-state index contributed by atoms with van der Waals surface area (Å²) in [6.07, 6.45) is 2.17. The number of rotatable bonds is 4. The van der Waals surface area contributed by atoms with Gasteiger partial charge in [-0.3, -0.25) is 14.4 Å². The van der Waals surface area contributed by atoms with E-state index in [-0.39, 0.29) is 12.1 Å². The third kappa shape index (κ3) is 3.54. The lowest BCUT2D eigenvalue weighted by molar-refractivity contribution is -0.145. The predicted molar refractivity (Wildman–Crippen MR) is 64.9 cm³/mol. The van der Waals surface area contributed by atoms with Crippen LogP contribution in [0.1, 0.15) is 12.1 Å². The molecule has 100 valence electrons. The largest absolute Gasteiger partial charge is 0.469 e. The first-order valence-corrected chi connectivity index (χ1v) is 6.06. The number of morpholine rings is 1. The number of aryl methyl sites for hydroxylation is 1. The fraction of sp³-hybridized carbons (Fsp3) is 0.667. The van der Waals surface area contributed by atoms with Gasteiger partial charge in [0.2, 0.25) is 0 Å². The van der Waals surface area contributed by atoms with Crippen molar-refractivity contribution >= 4 is 5.97 Å². The topological polar surface area (TPSA) is 56.6 Å². The van der Waals surface area contributed by atoms with E-state index in [2.05, 4.69) is 14.7 Å². The summed E-state index contributed by atoms with van der Waals surface area (Å²) in [5.41, 5.74) is 1.04. The van der Waals surface area contributed by atoms with Crippen molar-refractivity contribution in [3.8, 4) is 0 Å².